The van der Waals surface area contributed by atoms with Crippen LogP contribution in [0.2, 0.25) is 0 Å². The second-order valence-corrected chi connectivity index (χ2v) is 0.761. The highest BCUT2D eigenvalue weighted by Crippen LogP contribution is 1.64. The van der Waals surface area contributed by atoms with Crippen LogP contribution in [0.25, 0.3) is 0 Å². The van der Waals surface area contributed by atoms with Crippen LogP contribution in [-0.2, 0) is 0 Å². The van der Waals surface area contributed by atoms with Crippen molar-refractivity contribution in [3.8, 4) is 0 Å². The molecule has 0 aliphatic carbocycles. The van der Waals surface area contributed by atoms with Crippen LogP contribution in [-0.4, -0.2) is 5.48 Å². The Hall–Kier alpha value is -0.560. The molecule has 0 spiro atoms. The van der Waals surface area contributed by atoms with Gasteiger partial charge in [-0.25, -0.2) is 0 Å². The summed E-state index contributed by atoms with van der Waals surface area (Å²) in [6, 6.07) is 0. The van der Waals surface area contributed by atoms with Crippen molar-refractivity contribution in [1.82, 2.24) is 0 Å². The van der Waals surface area contributed by atoms with E-state index in [2.05, 4.69) is 6.58 Å². The van der Waals surface area contributed by atoms with Gasteiger partial charge in [0.2, 0.25) is 0 Å². The largest absolute Gasteiger partial charge is 0.412 e. The van der Waals surface area contributed by atoms with Crippen molar-refractivity contribution in [2.45, 2.75) is 6.92 Å². The molecule has 0 heterocycles. The lowest BCUT2D eigenvalue weighted by Crippen LogP contribution is -1.33. The number of rotatable bonds is 1. The molecule has 0 unspecified atom stereocenters. The molecular formula is C5H10O. The summed E-state index contributed by atoms with van der Waals surface area (Å²) in [5, 5.41) is 0. The van der Waals surface area contributed by atoms with Gasteiger partial charge >= 0.3 is 0 Å². The van der Waals surface area contributed by atoms with Crippen LogP contribution in [0.1, 0.15) is 6.92 Å². The van der Waals surface area contributed by atoms with Crippen molar-refractivity contribution >= 4 is 0 Å². The van der Waals surface area contributed by atoms with Crippen molar-refractivity contribution in [2.75, 3.05) is 0 Å². The average molecular weight is 86.1 g/mol. The number of hydrogen-bond acceptors (Lipinski definition) is 0. The molecule has 1 heteroatoms. The summed E-state index contributed by atoms with van der Waals surface area (Å²) >= 11 is 0. The molecule has 0 fully saturated rings. The molecule has 0 bridgehead atoms. The first kappa shape index (κ1) is 9.06. The Morgan fingerprint density at radius 1 is 1.50 bits per heavy atom. The van der Waals surface area contributed by atoms with E-state index in [4.69, 9.17) is 0 Å². The van der Waals surface area contributed by atoms with Crippen LogP contribution >= 0.6 is 0 Å². The van der Waals surface area contributed by atoms with Crippen molar-refractivity contribution in [1.29, 1.82) is 0 Å². The molecule has 0 aromatic carbocycles. The van der Waals surface area contributed by atoms with Gasteiger partial charge < -0.3 is 5.48 Å². The summed E-state index contributed by atoms with van der Waals surface area (Å²) in [7, 11) is 0. The Balaban J connectivity index is 0. The van der Waals surface area contributed by atoms with Crippen molar-refractivity contribution in [3.05, 3.63) is 24.8 Å². The maximum atomic E-state index is 3.46. The molecule has 0 saturated heterocycles. The smallest absolute Gasteiger partial charge is 0.0467 e. The second kappa shape index (κ2) is 8.83. The SMILES string of the molecule is C=CC=CC.O. The third-order valence-electron chi connectivity index (χ3n) is 0.329. The van der Waals surface area contributed by atoms with E-state index in [0.717, 1.165) is 0 Å². The standard InChI is InChI=1S/C5H8.H2O/c1-3-5-4-2;/h3-5H,1H2,2H3;1H2. The van der Waals surface area contributed by atoms with Crippen LogP contribution < -0.4 is 0 Å². The molecule has 0 radical (unpaired) electrons. The topological polar surface area (TPSA) is 31.5 Å². The highest BCUT2D eigenvalue weighted by atomic mass is 16.0. The van der Waals surface area contributed by atoms with Crippen molar-refractivity contribution in [2.24, 2.45) is 0 Å². The Morgan fingerprint density at radius 3 is 2.00 bits per heavy atom. The van der Waals surface area contributed by atoms with Crippen molar-refractivity contribution < 1.29 is 5.48 Å². The van der Waals surface area contributed by atoms with Crippen LogP contribution in [0.15, 0.2) is 24.8 Å². The van der Waals surface area contributed by atoms with Gasteiger partial charge in [0, 0.05) is 0 Å². The van der Waals surface area contributed by atoms with Gasteiger partial charge in [0.25, 0.3) is 0 Å². The van der Waals surface area contributed by atoms with E-state index < -0.39 is 0 Å². The maximum absolute atomic E-state index is 3.46. The van der Waals surface area contributed by atoms with Gasteiger partial charge in [-0.2, -0.15) is 0 Å². The predicted octanol–water partition coefficient (Wildman–Crippen LogP) is 0.924. The molecular weight excluding hydrogens is 76.1 g/mol. The molecule has 0 atom stereocenters. The second-order valence-electron chi connectivity index (χ2n) is 0.761. The zero-order chi connectivity index (χ0) is 4.12. The van der Waals surface area contributed by atoms with Crippen LogP contribution in [0.5, 0.6) is 0 Å². The molecule has 0 aromatic heterocycles. The van der Waals surface area contributed by atoms with Crippen LogP contribution in [0, 0.1) is 0 Å². The molecule has 0 amide bonds. The minimum absolute atomic E-state index is 0. The first-order valence-corrected chi connectivity index (χ1v) is 1.65. The molecule has 36 valence electrons. The summed E-state index contributed by atoms with van der Waals surface area (Å²) in [5.41, 5.74) is 0. The summed E-state index contributed by atoms with van der Waals surface area (Å²) in [6.45, 7) is 5.42. The zero-order valence-electron chi connectivity index (χ0n) is 3.94. The molecule has 0 aromatic rings. The van der Waals surface area contributed by atoms with E-state index in [1.165, 1.54) is 0 Å². The van der Waals surface area contributed by atoms with Gasteiger partial charge in [-0.1, -0.05) is 24.8 Å². The minimum Gasteiger partial charge on any atom is -0.412 e. The lowest BCUT2D eigenvalue weighted by atomic mass is 10.5. The number of allylic oxidation sites excluding steroid dienone is 3. The monoisotopic (exact) mass is 86.1 g/mol. The summed E-state index contributed by atoms with van der Waals surface area (Å²) < 4.78 is 0. The van der Waals surface area contributed by atoms with Gasteiger partial charge in [-0.3, -0.25) is 0 Å². The Labute approximate surface area is 38.3 Å². The Kier molecular flexibility index (Phi) is 13.3. The van der Waals surface area contributed by atoms with E-state index in [9.17, 15) is 0 Å². The van der Waals surface area contributed by atoms with E-state index in [-0.39, 0.29) is 5.48 Å². The third-order valence-corrected chi connectivity index (χ3v) is 0.329. The lowest BCUT2D eigenvalue weighted by Gasteiger charge is -1.56. The third kappa shape index (κ3) is 9.88. The summed E-state index contributed by atoms with van der Waals surface area (Å²) in [4.78, 5) is 0. The highest BCUT2D eigenvalue weighted by molar-refractivity contribution is 4.94. The average Bonchev–Trinajstić information content (AvgIpc) is 1.41. The van der Waals surface area contributed by atoms with Crippen molar-refractivity contribution in [3.63, 3.8) is 0 Å². The van der Waals surface area contributed by atoms with E-state index in [1.807, 2.05) is 19.1 Å². The van der Waals surface area contributed by atoms with Crippen LogP contribution in [0.4, 0.5) is 0 Å². The van der Waals surface area contributed by atoms with Gasteiger partial charge in [0.1, 0.15) is 0 Å². The molecule has 6 heavy (non-hydrogen) atoms. The van der Waals surface area contributed by atoms with Gasteiger partial charge in [-0.15, -0.1) is 0 Å². The Morgan fingerprint density at radius 2 is 2.00 bits per heavy atom. The van der Waals surface area contributed by atoms with E-state index >= 15 is 0 Å². The Bertz CT molecular complexity index is 45.9. The first-order valence-electron chi connectivity index (χ1n) is 1.65. The normalized spacial score (nSPS) is 7.50. The lowest BCUT2D eigenvalue weighted by molar-refractivity contribution is 0.824. The maximum Gasteiger partial charge on any atom is -0.0467 e. The molecule has 0 saturated carbocycles. The summed E-state index contributed by atoms with van der Waals surface area (Å²) in [6.07, 6.45) is 5.58. The van der Waals surface area contributed by atoms with Gasteiger partial charge in [0.05, 0.1) is 0 Å². The predicted molar refractivity (Wildman–Crippen MR) is 28.6 cm³/mol. The molecule has 0 rings (SSSR count). The highest BCUT2D eigenvalue weighted by Gasteiger charge is 1.42. The fraction of sp³-hybridized carbons (Fsp3) is 0.200. The molecule has 1 nitrogen and oxygen atoms in total. The molecule has 0 aliphatic heterocycles. The minimum atomic E-state index is 0. The summed E-state index contributed by atoms with van der Waals surface area (Å²) in [5.74, 6) is 0. The van der Waals surface area contributed by atoms with Crippen LogP contribution in [0.3, 0.4) is 0 Å². The van der Waals surface area contributed by atoms with E-state index in [1.54, 1.807) is 6.08 Å². The molecule has 0 aliphatic rings. The van der Waals surface area contributed by atoms with Gasteiger partial charge in [-0.05, 0) is 6.92 Å². The van der Waals surface area contributed by atoms with E-state index in [0.29, 0.717) is 0 Å². The quantitative estimate of drug-likeness (QED) is 0.425. The van der Waals surface area contributed by atoms with Gasteiger partial charge in [0.15, 0.2) is 0 Å². The fourth-order valence-electron chi connectivity index (χ4n) is 0.136. The first-order chi connectivity index (χ1) is 2.41. The fourth-order valence-corrected chi connectivity index (χ4v) is 0.136. The zero-order valence-corrected chi connectivity index (χ0v) is 3.94. The molecule has 2 N–H and O–H groups in total. The number of hydrogen-bond donors (Lipinski definition) is 0.